The number of methoxy groups -OCH3 is 1. The highest BCUT2D eigenvalue weighted by atomic mass is 32.2. The fourth-order valence-electron chi connectivity index (χ4n) is 3.95. The second-order valence-electron chi connectivity index (χ2n) is 8.90. The Morgan fingerprint density at radius 1 is 0.683 bits per heavy atom. The average molecular weight is 619 g/mol. The molecule has 0 aliphatic rings. The van der Waals surface area contributed by atoms with E-state index < -0.39 is 45.6 Å². The molecule has 0 amide bonds. The summed E-state index contributed by atoms with van der Waals surface area (Å²) in [6, 6.07) is 21.3. The summed E-state index contributed by atoms with van der Waals surface area (Å²) in [5.41, 5.74) is 2.32. The van der Waals surface area contributed by atoms with E-state index in [1.165, 1.54) is 24.3 Å². The monoisotopic (exact) mass is 618 g/mol. The van der Waals surface area contributed by atoms with Gasteiger partial charge in [0.2, 0.25) is 9.84 Å². The molecule has 0 fully saturated rings. The van der Waals surface area contributed by atoms with E-state index in [-0.39, 0.29) is 16.2 Å². The third-order valence-electron chi connectivity index (χ3n) is 6.19. The van der Waals surface area contributed by atoms with Crippen LogP contribution in [0.1, 0.15) is 11.1 Å². The van der Waals surface area contributed by atoms with Crippen LogP contribution >= 0.6 is 0 Å². The molecule has 41 heavy (non-hydrogen) atoms. The summed E-state index contributed by atoms with van der Waals surface area (Å²) in [5, 5.41) is 0. The lowest BCUT2D eigenvalue weighted by atomic mass is 10.1. The molecule has 0 radical (unpaired) electrons. The minimum atomic E-state index is -4.43. The van der Waals surface area contributed by atoms with Crippen molar-refractivity contribution in [2.24, 2.45) is 0 Å². The van der Waals surface area contributed by atoms with Crippen LogP contribution < -0.4 is 9.47 Å². The molecular formula is C28H26O10S3. The van der Waals surface area contributed by atoms with Crippen molar-refractivity contribution in [3.63, 3.8) is 0 Å². The normalized spacial score (nSPS) is 12.2. The van der Waals surface area contributed by atoms with Gasteiger partial charge < -0.3 is 9.47 Å². The van der Waals surface area contributed by atoms with Crippen LogP contribution in [0.15, 0.2) is 99.6 Å². The fraction of sp³-hybridized carbons (Fsp3) is 0.143. The first-order chi connectivity index (χ1) is 19.2. The zero-order valence-corrected chi connectivity index (χ0v) is 24.6. The molecule has 0 unspecified atom stereocenters. The molecule has 216 valence electrons. The average Bonchev–Trinajstić information content (AvgIpc) is 2.94. The molecule has 4 aromatic rings. The maximum Gasteiger partial charge on any atom is 0.300 e. The lowest BCUT2D eigenvalue weighted by molar-refractivity contribution is 0.391. The first-order valence-electron chi connectivity index (χ1n) is 11.9. The summed E-state index contributed by atoms with van der Waals surface area (Å²) in [4.78, 5) is -1.20. The Hall–Kier alpha value is -3.75. The topological polar surface area (TPSA) is 150 Å². The number of hydrogen-bond acceptors (Lipinski definition) is 9. The molecule has 1 N–H and O–H groups in total. The molecule has 0 saturated heterocycles. The number of benzene rings is 4. The van der Waals surface area contributed by atoms with Crippen molar-refractivity contribution in [3.8, 4) is 28.4 Å². The van der Waals surface area contributed by atoms with Gasteiger partial charge in [-0.05, 0) is 83.8 Å². The van der Waals surface area contributed by atoms with Crippen molar-refractivity contribution in [2.75, 3.05) is 14.2 Å². The first kappa shape index (κ1) is 30.2. The van der Waals surface area contributed by atoms with Crippen molar-refractivity contribution in [1.29, 1.82) is 0 Å². The predicted octanol–water partition coefficient (Wildman–Crippen LogP) is 5.02. The molecule has 13 heteroatoms. The van der Waals surface area contributed by atoms with Crippen molar-refractivity contribution in [3.05, 3.63) is 96.1 Å². The van der Waals surface area contributed by atoms with Gasteiger partial charge in [-0.3, -0.25) is 8.74 Å². The smallest absolute Gasteiger partial charge is 0.300 e. The van der Waals surface area contributed by atoms with Gasteiger partial charge in [-0.15, -0.1) is 0 Å². The summed E-state index contributed by atoms with van der Waals surface area (Å²) < 4.78 is 100. The van der Waals surface area contributed by atoms with Crippen molar-refractivity contribution < 1.29 is 43.5 Å². The summed E-state index contributed by atoms with van der Waals surface area (Å²) >= 11 is 0. The Morgan fingerprint density at radius 2 is 1.22 bits per heavy atom. The predicted molar refractivity (Wildman–Crippen MR) is 151 cm³/mol. The molecule has 0 aromatic heterocycles. The van der Waals surface area contributed by atoms with E-state index in [2.05, 4.69) is 4.18 Å². The molecule has 0 heterocycles. The van der Waals surface area contributed by atoms with E-state index >= 15 is 0 Å². The van der Waals surface area contributed by atoms with Crippen LogP contribution in [0.4, 0.5) is 0 Å². The van der Waals surface area contributed by atoms with Crippen molar-refractivity contribution in [1.82, 2.24) is 0 Å². The molecular weight excluding hydrogens is 592 g/mol. The zero-order valence-electron chi connectivity index (χ0n) is 22.1. The lowest BCUT2D eigenvalue weighted by Gasteiger charge is -2.14. The van der Waals surface area contributed by atoms with Crippen LogP contribution in [-0.4, -0.2) is 44.0 Å². The van der Waals surface area contributed by atoms with Gasteiger partial charge >= 0.3 is 0 Å². The van der Waals surface area contributed by atoms with Crippen LogP contribution in [0.3, 0.4) is 0 Å². The first-order valence-corrected chi connectivity index (χ1v) is 16.4. The third kappa shape index (κ3) is 6.94. The van der Waals surface area contributed by atoms with Crippen LogP contribution in [0, 0.1) is 6.92 Å². The molecule has 10 nitrogen and oxygen atoms in total. The van der Waals surface area contributed by atoms with E-state index in [0.717, 1.165) is 30.4 Å². The molecule has 0 aliphatic carbocycles. The highest BCUT2D eigenvalue weighted by Crippen LogP contribution is 2.35. The summed E-state index contributed by atoms with van der Waals surface area (Å²) in [5.74, 6) is 0.0555. The maximum absolute atomic E-state index is 13.4. The van der Waals surface area contributed by atoms with Gasteiger partial charge in [0.25, 0.3) is 20.2 Å². The summed E-state index contributed by atoms with van der Waals surface area (Å²) in [6.07, 6.45) is 0. The molecule has 0 bridgehead atoms. The van der Waals surface area contributed by atoms with E-state index in [1.807, 2.05) is 24.3 Å². The lowest BCUT2D eigenvalue weighted by Crippen LogP contribution is -2.09. The zero-order chi connectivity index (χ0) is 30.0. The maximum atomic E-state index is 13.4. The Labute approximate surface area is 238 Å². The highest BCUT2D eigenvalue weighted by Gasteiger charge is 2.26. The van der Waals surface area contributed by atoms with Crippen LogP contribution in [0.2, 0.25) is 0 Å². The van der Waals surface area contributed by atoms with E-state index in [9.17, 15) is 29.8 Å². The standard InChI is InChI=1S/C28H26O10S3/c1-19-4-13-25(16-22(19)18-39(29,30)31)40(32,33)26-14-15-27(28(17-26)41(34,35)37-3)38-24-11-7-21(8-12-24)20-5-9-23(36-2)10-6-20/h4-17H,18H2,1-3H3,(H,29,30,31). The molecule has 0 saturated carbocycles. The Morgan fingerprint density at radius 3 is 1.76 bits per heavy atom. The van der Waals surface area contributed by atoms with Gasteiger partial charge in [0.1, 0.15) is 27.9 Å². The number of ether oxygens (including phenoxy) is 2. The minimum absolute atomic E-state index is 0.0800. The molecule has 4 aromatic carbocycles. The Bertz CT molecular complexity index is 1900. The van der Waals surface area contributed by atoms with Crippen LogP contribution in [0.5, 0.6) is 17.2 Å². The van der Waals surface area contributed by atoms with E-state index in [1.54, 1.807) is 38.3 Å². The molecule has 0 aliphatic heterocycles. The van der Waals surface area contributed by atoms with Crippen LogP contribution in [0.25, 0.3) is 11.1 Å². The van der Waals surface area contributed by atoms with Gasteiger partial charge in [0.15, 0.2) is 0 Å². The summed E-state index contributed by atoms with van der Waals surface area (Å²) in [7, 11) is -10.7. The SMILES string of the molecule is COc1ccc(-c2ccc(Oc3ccc(S(=O)(=O)c4ccc(C)c(CS(=O)(=O)O)c4)cc3S(=O)(=O)OC)cc2)cc1. The highest BCUT2D eigenvalue weighted by molar-refractivity contribution is 7.91. The number of hydrogen-bond donors (Lipinski definition) is 1. The third-order valence-corrected chi connectivity index (χ3v) is 9.91. The molecule has 4 rings (SSSR count). The summed E-state index contributed by atoms with van der Waals surface area (Å²) in [6.45, 7) is 1.57. The molecule has 0 spiro atoms. The van der Waals surface area contributed by atoms with Gasteiger partial charge in [-0.1, -0.05) is 30.3 Å². The van der Waals surface area contributed by atoms with Gasteiger partial charge in [0, 0.05) is 0 Å². The number of sulfone groups is 1. The van der Waals surface area contributed by atoms with Gasteiger partial charge in [-0.25, -0.2) is 8.42 Å². The minimum Gasteiger partial charge on any atom is -0.497 e. The van der Waals surface area contributed by atoms with Gasteiger partial charge in [-0.2, -0.15) is 16.8 Å². The van der Waals surface area contributed by atoms with E-state index in [0.29, 0.717) is 17.1 Å². The Kier molecular flexibility index (Phi) is 8.57. The van der Waals surface area contributed by atoms with Crippen LogP contribution in [-0.2, 0) is 40.0 Å². The fourth-order valence-corrected chi connectivity index (χ4v) is 6.88. The van der Waals surface area contributed by atoms with Gasteiger partial charge in [0.05, 0.1) is 24.0 Å². The van der Waals surface area contributed by atoms with E-state index in [4.69, 9.17) is 9.47 Å². The number of rotatable bonds is 10. The largest absolute Gasteiger partial charge is 0.497 e. The van der Waals surface area contributed by atoms with Crippen molar-refractivity contribution >= 4 is 30.1 Å². The Balaban J connectivity index is 1.70. The quantitative estimate of drug-likeness (QED) is 0.190. The second-order valence-corrected chi connectivity index (χ2v) is 14.0. The number of aryl methyl sites for hydroxylation is 1. The second kappa shape index (κ2) is 11.6. The molecule has 0 atom stereocenters. The van der Waals surface area contributed by atoms with Crippen molar-refractivity contribution in [2.45, 2.75) is 27.4 Å².